The number of ether oxygens (including phenoxy) is 1. The second-order valence-corrected chi connectivity index (χ2v) is 4.99. The third kappa shape index (κ3) is 6.55. The molecule has 120 valence electrons. The lowest BCUT2D eigenvalue weighted by Crippen LogP contribution is -2.35. The van der Waals surface area contributed by atoms with Crippen molar-refractivity contribution in [3.63, 3.8) is 0 Å². The van der Waals surface area contributed by atoms with E-state index in [1.807, 2.05) is 25.9 Å². The molecule has 1 amide bonds. The highest BCUT2D eigenvalue weighted by Gasteiger charge is 2.19. The Hall–Kier alpha value is -1.66. The Morgan fingerprint density at radius 3 is 2.19 bits per heavy atom. The summed E-state index contributed by atoms with van der Waals surface area (Å²) in [5.74, 6) is -1.15. The van der Waals surface area contributed by atoms with Gasteiger partial charge in [0.15, 0.2) is 0 Å². The monoisotopic (exact) mass is 298 g/mol. The van der Waals surface area contributed by atoms with E-state index in [-0.39, 0.29) is 11.6 Å². The first-order valence-electron chi connectivity index (χ1n) is 6.98. The van der Waals surface area contributed by atoms with E-state index in [0.717, 1.165) is 0 Å². The molecule has 0 saturated carbocycles. The standard InChI is InChI=1S/C15H26N2O4/c1-6-12(17(4)5)11(14(16)19)9-8-10(3)15(20)21-13(18)7-2/h8-9,12-13,18H,6-7H2,1-5H3,(H2,16,19)/b10-8+,11-9-. The molecule has 0 heterocycles. The van der Waals surface area contributed by atoms with Gasteiger partial charge in [0.1, 0.15) is 0 Å². The van der Waals surface area contributed by atoms with Crippen LogP contribution in [0, 0.1) is 0 Å². The van der Waals surface area contributed by atoms with E-state index >= 15 is 0 Å². The van der Waals surface area contributed by atoms with E-state index in [0.29, 0.717) is 18.4 Å². The van der Waals surface area contributed by atoms with Gasteiger partial charge in [0.25, 0.3) is 0 Å². The van der Waals surface area contributed by atoms with E-state index in [2.05, 4.69) is 0 Å². The maximum atomic E-state index is 11.7. The summed E-state index contributed by atoms with van der Waals surface area (Å²) in [6.07, 6.45) is 2.93. The van der Waals surface area contributed by atoms with Crippen LogP contribution in [0.5, 0.6) is 0 Å². The Labute approximate surface area is 126 Å². The highest BCUT2D eigenvalue weighted by molar-refractivity contribution is 5.94. The van der Waals surface area contributed by atoms with Gasteiger partial charge in [-0.15, -0.1) is 0 Å². The number of amides is 1. The maximum Gasteiger partial charge on any atom is 0.336 e. The summed E-state index contributed by atoms with van der Waals surface area (Å²) in [6, 6.07) is -0.121. The first-order chi connectivity index (χ1) is 9.74. The Morgan fingerprint density at radius 2 is 1.81 bits per heavy atom. The molecule has 6 heteroatoms. The summed E-state index contributed by atoms with van der Waals surface area (Å²) in [6.45, 7) is 5.20. The molecule has 0 bridgehead atoms. The van der Waals surface area contributed by atoms with Crippen LogP contribution in [0.25, 0.3) is 0 Å². The number of aliphatic hydroxyl groups is 1. The molecule has 0 aromatic heterocycles. The zero-order valence-electron chi connectivity index (χ0n) is 13.4. The smallest absolute Gasteiger partial charge is 0.336 e. The number of esters is 1. The van der Waals surface area contributed by atoms with Crippen LogP contribution in [-0.4, -0.2) is 48.3 Å². The second-order valence-electron chi connectivity index (χ2n) is 4.99. The van der Waals surface area contributed by atoms with Crippen LogP contribution in [-0.2, 0) is 14.3 Å². The van der Waals surface area contributed by atoms with Gasteiger partial charge in [0, 0.05) is 23.6 Å². The molecule has 2 atom stereocenters. The van der Waals surface area contributed by atoms with Gasteiger partial charge in [0.05, 0.1) is 0 Å². The van der Waals surface area contributed by atoms with Crippen molar-refractivity contribution in [1.82, 2.24) is 4.90 Å². The summed E-state index contributed by atoms with van der Waals surface area (Å²) in [4.78, 5) is 25.1. The molecular weight excluding hydrogens is 272 g/mol. The molecule has 0 fully saturated rings. The predicted octanol–water partition coefficient (Wildman–Crippen LogP) is 0.956. The number of likely N-dealkylation sites (N-methyl/N-ethyl adjacent to an activating group) is 1. The fraction of sp³-hybridized carbons (Fsp3) is 0.600. The van der Waals surface area contributed by atoms with Crippen molar-refractivity contribution in [3.8, 4) is 0 Å². The Morgan fingerprint density at radius 1 is 1.24 bits per heavy atom. The van der Waals surface area contributed by atoms with E-state index in [1.165, 1.54) is 12.2 Å². The van der Waals surface area contributed by atoms with Crippen LogP contribution in [0.2, 0.25) is 0 Å². The molecule has 0 aliphatic rings. The van der Waals surface area contributed by atoms with Crippen LogP contribution in [0.4, 0.5) is 0 Å². The third-order valence-corrected chi connectivity index (χ3v) is 3.08. The van der Waals surface area contributed by atoms with Gasteiger partial charge < -0.3 is 20.5 Å². The predicted molar refractivity (Wildman–Crippen MR) is 81.2 cm³/mol. The molecule has 0 aromatic carbocycles. The summed E-state index contributed by atoms with van der Waals surface area (Å²) >= 11 is 0. The number of hydrogen-bond donors (Lipinski definition) is 2. The Balaban J connectivity index is 5.18. The average molecular weight is 298 g/mol. The van der Waals surface area contributed by atoms with Crippen LogP contribution >= 0.6 is 0 Å². The lowest BCUT2D eigenvalue weighted by molar-refractivity contribution is -0.163. The molecule has 0 aromatic rings. The molecule has 21 heavy (non-hydrogen) atoms. The van der Waals surface area contributed by atoms with Gasteiger partial charge in [0.2, 0.25) is 12.2 Å². The molecule has 0 aliphatic heterocycles. The number of carbonyl (C=O) groups excluding carboxylic acids is 2. The second kappa shape index (κ2) is 9.31. The molecule has 0 rings (SSSR count). The molecular formula is C15H26N2O4. The van der Waals surface area contributed by atoms with Crippen molar-refractivity contribution in [1.29, 1.82) is 0 Å². The number of hydrogen-bond acceptors (Lipinski definition) is 5. The van der Waals surface area contributed by atoms with E-state index in [9.17, 15) is 14.7 Å². The molecule has 0 saturated heterocycles. The Bertz CT molecular complexity index is 427. The van der Waals surface area contributed by atoms with Gasteiger partial charge in [-0.3, -0.25) is 4.79 Å². The van der Waals surface area contributed by atoms with Gasteiger partial charge in [-0.05, 0) is 27.4 Å². The van der Waals surface area contributed by atoms with E-state index < -0.39 is 18.2 Å². The SMILES string of the molecule is CCC(O)OC(=O)/C(C)=C/C=C(\C(N)=O)C(CC)N(C)C. The van der Waals surface area contributed by atoms with Gasteiger partial charge in [-0.1, -0.05) is 26.0 Å². The molecule has 0 radical (unpaired) electrons. The molecule has 0 aliphatic carbocycles. The van der Waals surface area contributed by atoms with Crippen LogP contribution < -0.4 is 5.73 Å². The summed E-state index contributed by atoms with van der Waals surface area (Å²) < 4.78 is 4.78. The topological polar surface area (TPSA) is 92.9 Å². The number of nitrogens with two attached hydrogens (primary N) is 1. The number of nitrogens with zero attached hydrogens (tertiary/aromatic N) is 1. The number of allylic oxidation sites excluding steroid dienone is 2. The summed E-state index contributed by atoms with van der Waals surface area (Å²) in [5, 5.41) is 9.28. The fourth-order valence-electron chi connectivity index (χ4n) is 1.80. The lowest BCUT2D eigenvalue weighted by atomic mass is 10.0. The van der Waals surface area contributed by atoms with Crippen molar-refractivity contribution in [3.05, 3.63) is 23.3 Å². The maximum absolute atomic E-state index is 11.7. The zero-order chi connectivity index (χ0) is 16.6. The highest BCUT2D eigenvalue weighted by atomic mass is 16.6. The van der Waals surface area contributed by atoms with Crippen LogP contribution in [0.15, 0.2) is 23.3 Å². The van der Waals surface area contributed by atoms with Crippen molar-refractivity contribution >= 4 is 11.9 Å². The number of rotatable bonds is 8. The van der Waals surface area contributed by atoms with Gasteiger partial charge >= 0.3 is 5.97 Å². The van der Waals surface area contributed by atoms with E-state index in [4.69, 9.17) is 10.5 Å². The third-order valence-electron chi connectivity index (χ3n) is 3.08. The number of aliphatic hydroxyl groups excluding tert-OH is 1. The molecule has 2 unspecified atom stereocenters. The minimum absolute atomic E-state index is 0.121. The average Bonchev–Trinajstić information content (AvgIpc) is 2.41. The minimum Gasteiger partial charge on any atom is -0.433 e. The zero-order valence-corrected chi connectivity index (χ0v) is 13.4. The van der Waals surface area contributed by atoms with Crippen molar-refractivity contribution < 1.29 is 19.4 Å². The first-order valence-corrected chi connectivity index (χ1v) is 6.98. The highest BCUT2D eigenvalue weighted by Crippen LogP contribution is 2.13. The number of primary amides is 1. The van der Waals surface area contributed by atoms with E-state index in [1.54, 1.807) is 13.8 Å². The minimum atomic E-state index is -1.12. The lowest BCUT2D eigenvalue weighted by Gasteiger charge is -2.23. The summed E-state index contributed by atoms with van der Waals surface area (Å²) in [5.41, 5.74) is 6.11. The normalized spacial score (nSPS) is 15.8. The summed E-state index contributed by atoms with van der Waals surface area (Å²) in [7, 11) is 3.71. The quantitative estimate of drug-likeness (QED) is 0.301. The van der Waals surface area contributed by atoms with Crippen molar-refractivity contribution in [2.45, 2.75) is 45.9 Å². The van der Waals surface area contributed by atoms with Crippen molar-refractivity contribution in [2.75, 3.05) is 14.1 Å². The largest absolute Gasteiger partial charge is 0.433 e. The van der Waals surface area contributed by atoms with Gasteiger partial charge in [-0.2, -0.15) is 0 Å². The fourth-order valence-corrected chi connectivity index (χ4v) is 1.80. The molecule has 3 N–H and O–H groups in total. The van der Waals surface area contributed by atoms with Gasteiger partial charge in [-0.25, -0.2) is 4.79 Å². The van der Waals surface area contributed by atoms with Crippen LogP contribution in [0.3, 0.4) is 0 Å². The van der Waals surface area contributed by atoms with Crippen LogP contribution in [0.1, 0.15) is 33.6 Å². The molecule has 0 spiro atoms. The number of carbonyl (C=O) groups is 2. The molecule has 6 nitrogen and oxygen atoms in total. The Kier molecular flexibility index (Phi) is 8.57. The van der Waals surface area contributed by atoms with Crippen molar-refractivity contribution in [2.24, 2.45) is 5.73 Å². The first kappa shape index (κ1) is 19.3.